The van der Waals surface area contributed by atoms with Crippen molar-refractivity contribution in [3.05, 3.63) is 38.8 Å². The topological polar surface area (TPSA) is 40.7 Å². The lowest BCUT2D eigenvalue weighted by Gasteiger charge is -2.11. The summed E-state index contributed by atoms with van der Waals surface area (Å²) in [5, 5.41) is 12.4. The fourth-order valence-corrected chi connectivity index (χ4v) is 3.10. The lowest BCUT2D eigenvalue weighted by Crippen LogP contribution is -2.17. The Morgan fingerprint density at radius 3 is 3.07 bits per heavy atom. The second-order valence-corrected chi connectivity index (χ2v) is 5.12. The highest BCUT2D eigenvalue weighted by molar-refractivity contribution is 9.10. The Bertz CT molecular complexity index is 410. The fourth-order valence-electron chi connectivity index (χ4n) is 1.35. The summed E-state index contributed by atoms with van der Waals surface area (Å²) in [5.74, 6) is 0. The van der Waals surface area contributed by atoms with E-state index in [1.807, 2.05) is 6.07 Å². The van der Waals surface area contributed by atoms with E-state index >= 15 is 0 Å². The first-order chi connectivity index (χ1) is 7.27. The summed E-state index contributed by atoms with van der Waals surface area (Å²) >= 11 is 5.30. The minimum Gasteiger partial charge on any atom is -0.304 e. The number of aromatic amines is 1. The van der Waals surface area contributed by atoms with Crippen LogP contribution in [0.25, 0.3) is 0 Å². The van der Waals surface area contributed by atoms with Gasteiger partial charge in [-0.15, -0.1) is 11.3 Å². The van der Waals surface area contributed by atoms with E-state index in [9.17, 15) is 0 Å². The number of hydrogen-bond donors (Lipinski definition) is 2. The van der Waals surface area contributed by atoms with Gasteiger partial charge in [-0.2, -0.15) is 5.10 Å². The fraction of sp³-hybridized carbons (Fsp3) is 0.300. The Balaban J connectivity index is 1.93. The van der Waals surface area contributed by atoms with Crippen LogP contribution in [0, 0.1) is 0 Å². The zero-order chi connectivity index (χ0) is 10.7. The van der Waals surface area contributed by atoms with Crippen molar-refractivity contribution in [1.29, 1.82) is 0 Å². The first-order valence-electron chi connectivity index (χ1n) is 4.72. The predicted octanol–water partition coefficient (Wildman–Crippen LogP) is 3.08. The predicted molar refractivity (Wildman–Crippen MR) is 65.9 cm³/mol. The van der Waals surface area contributed by atoms with Gasteiger partial charge < -0.3 is 5.32 Å². The maximum atomic E-state index is 3.91. The molecule has 80 valence electrons. The summed E-state index contributed by atoms with van der Waals surface area (Å²) in [5.41, 5.74) is 1.11. The molecule has 0 aliphatic heterocycles. The molecule has 0 spiro atoms. The second-order valence-electron chi connectivity index (χ2n) is 3.32. The van der Waals surface area contributed by atoms with Crippen LogP contribution in [0.3, 0.4) is 0 Å². The van der Waals surface area contributed by atoms with Crippen LogP contribution in [0.5, 0.6) is 0 Å². The zero-order valence-electron chi connectivity index (χ0n) is 8.33. The van der Waals surface area contributed by atoms with Gasteiger partial charge in [0.1, 0.15) is 0 Å². The third-order valence-corrected chi connectivity index (χ3v) is 4.25. The SMILES string of the molecule is CC(NCc1ccn[nH]1)c1sccc1Br. The first-order valence-corrected chi connectivity index (χ1v) is 6.39. The molecule has 1 unspecified atom stereocenters. The molecule has 0 bridgehead atoms. The molecule has 2 N–H and O–H groups in total. The quantitative estimate of drug-likeness (QED) is 0.906. The molecule has 1 atom stereocenters. The number of hydrogen-bond acceptors (Lipinski definition) is 3. The lowest BCUT2D eigenvalue weighted by molar-refractivity contribution is 0.573. The summed E-state index contributed by atoms with van der Waals surface area (Å²) < 4.78 is 1.18. The maximum absolute atomic E-state index is 3.91. The number of nitrogens with one attached hydrogen (secondary N) is 2. The van der Waals surface area contributed by atoms with Crippen LogP contribution < -0.4 is 5.32 Å². The normalized spacial score (nSPS) is 12.9. The molecular weight excluding hydrogens is 274 g/mol. The molecule has 2 rings (SSSR count). The summed E-state index contributed by atoms with van der Waals surface area (Å²) in [7, 11) is 0. The minimum atomic E-state index is 0.350. The summed E-state index contributed by atoms with van der Waals surface area (Å²) in [6, 6.07) is 4.40. The molecule has 2 heterocycles. The standard InChI is InChI=1S/C10H12BrN3S/c1-7(10-9(11)3-5-15-10)12-6-8-2-4-13-14-8/h2-5,7,12H,6H2,1H3,(H,13,14). The largest absolute Gasteiger partial charge is 0.304 e. The van der Waals surface area contributed by atoms with Gasteiger partial charge in [0, 0.05) is 33.8 Å². The van der Waals surface area contributed by atoms with Gasteiger partial charge in [0.2, 0.25) is 0 Å². The van der Waals surface area contributed by atoms with Crippen molar-refractivity contribution in [3.63, 3.8) is 0 Å². The molecule has 2 aromatic heterocycles. The summed E-state index contributed by atoms with van der Waals surface area (Å²) in [4.78, 5) is 1.33. The van der Waals surface area contributed by atoms with Gasteiger partial charge in [0.15, 0.2) is 0 Å². The van der Waals surface area contributed by atoms with Gasteiger partial charge >= 0.3 is 0 Å². The monoisotopic (exact) mass is 285 g/mol. The van der Waals surface area contributed by atoms with Crippen molar-refractivity contribution in [1.82, 2.24) is 15.5 Å². The average Bonchev–Trinajstić information content (AvgIpc) is 2.84. The zero-order valence-corrected chi connectivity index (χ0v) is 10.7. The molecular formula is C10H12BrN3S. The van der Waals surface area contributed by atoms with Crippen molar-refractivity contribution < 1.29 is 0 Å². The molecule has 0 saturated heterocycles. The first kappa shape index (κ1) is 10.9. The number of aromatic nitrogens is 2. The Morgan fingerprint density at radius 1 is 1.60 bits per heavy atom. The van der Waals surface area contributed by atoms with Crippen molar-refractivity contribution >= 4 is 27.3 Å². The van der Waals surface area contributed by atoms with Crippen molar-refractivity contribution in [2.24, 2.45) is 0 Å². The number of nitrogens with zero attached hydrogens (tertiary/aromatic N) is 1. The van der Waals surface area contributed by atoms with Crippen LogP contribution in [0.1, 0.15) is 23.5 Å². The molecule has 2 aromatic rings. The number of thiophene rings is 1. The number of halogens is 1. The van der Waals surface area contributed by atoms with Gasteiger partial charge in [-0.1, -0.05) is 0 Å². The molecule has 0 aliphatic rings. The third kappa shape index (κ3) is 2.68. The Morgan fingerprint density at radius 2 is 2.47 bits per heavy atom. The van der Waals surface area contributed by atoms with Gasteiger partial charge in [-0.3, -0.25) is 5.10 Å². The minimum absolute atomic E-state index is 0.350. The van der Waals surface area contributed by atoms with Crippen LogP contribution >= 0.6 is 27.3 Å². The highest BCUT2D eigenvalue weighted by Gasteiger charge is 2.09. The molecule has 0 aromatic carbocycles. The average molecular weight is 286 g/mol. The van der Waals surface area contributed by atoms with Gasteiger partial charge in [-0.25, -0.2) is 0 Å². The van der Waals surface area contributed by atoms with E-state index < -0.39 is 0 Å². The van der Waals surface area contributed by atoms with E-state index in [4.69, 9.17) is 0 Å². The van der Waals surface area contributed by atoms with Gasteiger partial charge in [0.25, 0.3) is 0 Å². The summed E-state index contributed by atoms with van der Waals surface area (Å²) in [6.45, 7) is 2.97. The third-order valence-electron chi connectivity index (χ3n) is 2.20. The molecule has 0 aliphatic carbocycles. The molecule has 5 heteroatoms. The maximum Gasteiger partial charge on any atom is 0.0490 e. The van der Waals surface area contributed by atoms with Crippen molar-refractivity contribution in [3.8, 4) is 0 Å². The van der Waals surface area contributed by atoms with E-state index in [0.29, 0.717) is 6.04 Å². The number of rotatable bonds is 4. The Kier molecular flexibility index (Phi) is 3.56. The van der Waals surface area contributed by atoms with Gasteiger partial charge in [-0.05, 0) is 40.4 Å². The van der Waals surface area contributed by atoms with E-state index in [2.05, 4.69) is 49.8 Å². The van der Waals surface area contributed by atoms with Gasteiger partial charge in [0.05, 0.1) is 0 Å². The van der Waals surface area contributed by atoms with Crippen molar-refractivity contribution in [2.75, 3.05) is 0 Å². The van der Waals surface area contributed by atoms with Crippen LogP contribution in [-0.4, -0.2) is 10.2 Å². The Hall–Kier alpha value is -0.650. The van der Waals surface area contributed by atoms with Crippen LogP contribution in [-0.2, 0) is 6.54 Å². The van der Waals surface area contributed by atoms with Crippen LogP contribution in [0.4, 0.5) is 0 Å². The van der Waals surface area contributed by atoms with Crippen molar-refractivity contribution in [2.45, 2.75) is 19.5 Å². The molecule has 0 saturated carbocycles. The second kappa shape index (κ2) is 4.92. The smallest absolute Gasteiger partial charge is 0.0490 e. The highest BCUT2D eigenvalue weighted by atomic mass is 79.9. The molecule has 15 heavy (non-hydrogen) atoms. The van der Waals surface area contributed by atoms with E-state index in [-0.39, 0.29) is 0 Å². The molecule has 0 amide bonds. The van der Waals surface area contributed by atoms with E-state index in [1.165, 1.54) is 9.35 Å². The molecule has 0 fully saturated rings. The highest BCUT2D eigenvalue weighted by Crippen LogP contribution is 2.28. The van der Waals surface area contributed by atoms with Crippen LogP contribution in [0.15, 0.2) is 28.2 Å². The van der Waals surface area contributed by atoms with Crippen LogP contribution in [0.2, 0.25) is 0 Å². The summed E-state index contributed by atoms with van der Waals surface area (Å²) in [6.07, 6.45) is 1.77. The van der Waals surface area contributed by atoms with E-state index in [1.54, 1.807) is 17.5 Å². The Labute approximate surface area is 101 Å². The van der Waals surface area contributed by atoms with E-state index in [0.717, 1.165) is 12.2 Å². The number of H-pyrrole nitrogens is 1. The molecule has 3 nitrogen and oxygen atoms in total. The molecule has 0 radical (unpaired) electrons. The lowest BCUT2D eigenvalue weighted by atomic mass is 10.2.